The Hall–Kier alpha value is -3.65. The van der Waals surface area contributed by atoms with E-state index in [-0.39, 0.29) is 13.1 Å². The zero-order valence-corrected chi connectivity index (χ0v) is 20.9. The molecule has 1 aromatic carbocycles. The molecule has 4 N–H and O–H groups in total. The van der Waals surface area contributed by atoms with Crippen molar-refractivity contribution >= 4 is 47.4 Å². The normalized spacial score (nSPS) is 27.9. The molecule has 4 rings (SSSR count). The molecule has 0 aromatic heterocycles. The van der Waals surface area contributed by atoms with Crippen LogP contribution in [-0.2, 0) is 24.0 Å². The lowest BCUT2D eigenvalue weighted by atomic mass is 9.95. The van der Waals surface area contributed by atoms with Crippen molar-refractivity contribution in [2.45, 2.75) is 42.1 Å². The molecule has 3 fully saturated rings. The number of nitrogens with zero attached hydrogens (tertiary/aromatic N) is 3. The molecule has 0 aliphatic carbocycles. The van der Waals surface area contributed by atoms with Crippen LogP contribution in [0, 0.1) is 0 Å². The van der Waals surface area contributed by atoms with E-state index in [1.807, 2.05) is 0 Å². The molecule has 1 unspecified atom stereocenters. The van der Waals surface area contributed by atoms with Crippen LogP contribution in [0.4, 0.5) is 4.79 Å². The number of imide groups is 1. The van der Waals surface area contributed by atoms with Crippen molar-refractivity contribution in [3.05, 3.63) is 35.9 Å². The standard InChI is InChI=1S/C23H27N5O8S/c1-3-26-9-10-27(19(33)18(26)32)22(36)25-13(12-7-5-4-6-8-12)16(30)24-14-17(31)28-15(21(34)35)23(2,11-29)37-20(14)28/h4-8,13-15,20,29H,3,9-11H2,1-2H3,(H,24,30)(H,25,36)(H,34,35)/t13-,14-,15+,20-,23?/m1/s1. The number of carbonyl (C=O) groups is 6. The number of fused-ring (bicyclic) bond motifs is 1. The fourth-order valence-electron chi connectivity index (χ4n) is 4.71. The fourth-order valence-corrected chi connectivity index (χ4v) is 6.34. The van der Waals surface area contributed by atoms with E-state index in [1.165, 1.54) is 11.8 Å². The zero-order valence-electron chi connectivity index (χ0n) is 20.1. The van der Waals surface area contributed by atoms with Crippen LogP contribution in [-0.4, -0.2) is 109 Å². The summed E-state index contributed by atoms with van der Waals surface area (Å²) in [6.07, 6.45) is 0. The van der Waals surface area contributed by atoms with Crippen molar-refractivity contribution in [2.24, 2.45) is 0 Å². The summed E-state index contributed by atoms with van der Waals surface area (Å²) in [6, 6.07) is 3.56. The van der Waals surface area contributed by atoms with E-state index >= 15 is 0 Å². The number of likely N-dealkylation sites (N-methyl/N-ethyl adjacent to an activating group) is 1. The number of aliphatic hydroxyl groups is 1. The smallest absolute Gasteiger partial charge is 0.328 e. The summed E-state index contributed by atoms with van der Waals surface area (Å²) in [5.74, 6) is -4.46. The maximum atomic E-state index is 13.3. The van der Waals surface area contributed by atoms with Crippen LogP contribution in [0.25, 0.3) is 0 Å². The quantitative estimate of drug-likeness (QED) is 0.246. The van der Waals surface area contributed by atoms with Crippen LogP contribution in [0.15, 0.2) is 30.3 Å². The van der Waals surface area contributed by atoms with Gasteiger partial charge in [0.2, 0.25) is 11.8 Å². The van der Waals surface area contributed by atoms with Gasteiger partial charge in [-0.2, -0.15) is 0 Å². The molecule has 37 heavy (non-hydrogen) atoms. The van der Waals surface area contributed by atoms with Crippen LogP contribution in [0.1, 0.15) is 25.5 Å². The van der Waals surface area contributed by atoms with Gasteiger partial charge in [0, 0.05) is 19.6 Å². The summed E-state index contributed by atoms with van der Waals surface area (Å²) in [7, 11) is 0. The number of piperazine rings is 1. The number of urea groups is 1. The molecule has 0 saturated carbocycles. The number of nitrogens with one attached hydrogen (secondary N) is 2. The number of hydrogen-bond acceptors (Lipinski definition) is 8. The van der Waals surface area contributed by atoms with Crippen molar-refractivity contribution < 1.29 is 39.0 Å². The summed E-state index contributed by atoms with van der Waals surface area (Å²) in [5.41, 5.74) is 0.366. The van der Waals surface area contributed by atoms with Crippen molar-refractivity contribution in [2.75, 3.05) is 26.2 Å². The van der Waals surface area contributed by atoms with Gasteiger partial charge in [0.05, 0.1) is 11.4 Å². The molecule has 1 aromatic rings. The number of β-lactam (4-membered cyclic amide) rings is 1. The third-order valence-electron chi connectivity index (χ3n) is 6.77. The maximum Gasteiger partial charge on any atom is 0.328 e. The highest BCUT2D eigenvalue weighted by Gasteiger charge is 2.65. The molecule has 3 saturated heterocycles. The molecular weight excluding hydrogens is 506 g/mol. The Bertz CT molecular complexity index is 1150. The molecule has 6 amide bonds. The molecular formula is C23H27N5O8S. The van der Waals surface area contributed by atoms with Crippen LogP contribution in [0.3, 0.4) is 0 Å². The summed E-state index contributed by atoms with van der Waals surface area (Å²) >= 11 is 1.08. The van der Waals surface area contributed by atoms with Gasteiger partial charge in [0.1, 0.15) is 23.5 Å². The second-order valence-corrected chi connectivity index (χ2v) is 10.7. The highest BCUT2D eigenvalue weighted by molar-refractivity contribution is 8.01. The Morgan fingerprint density at radius 1 is 1.14 bits per heavy atom. The number of hydrogen-bond donors (Lipinski definition) is 4. The maximum absolute atomic E-state index is 13.3. The Labute approximate surface area is 216 Å². The summed E-state index contributed by atoms with van der Waals surface area (Å²) in [4.78, 5) is 78.8. The number of benzene rings is 1. The summed E-state index contributed by atoms with van der Waals surface area (Å²) in [6.45, 7) is 3.19. The molecule has 14 heteroatoms. The third-order valence-corrected chi connectivity index (χ3v) is 8.40. The van der Waals surface area contributed by atoms with Crippen LogP contribution in [0.2, 0.25) is 0 Å². The van der Waals surface area contributed by atoms with Crippen molar-refractivity contribution in [1.29, 1.82) is 0 Å². The van der Waals surface area contributed by atoms with Gasteiger partial charge in [-0.05, 0) is 19.4 Å². The monoisotopic (exact) mass is 533 g/mol. The second kappa shape index (κ2) is 10.0. The molecule has 13 nitrogen and oxygen atoms in total. The van der Waals surface area contributed by atoms with Crippen molar-refractivity contribution in [3.8, 4) is 0 Å². The molecule has 3 heterocycles. The minimum atomic E-state index is -1.31. The number of thioether (sulfide) groups is 1. The average Bonchev–Trinajstić information content (AvgIpc) is 3.18. The first kappa shape index (κ1) is 26.4. The highest BCUT2D eigenvalue weighted by Crippen LogP contribution is 2.50. The first-order chi connectivity index (χ1) is 17.5. The Kier molecular flexibility index (Phi) is 7.15. The summed E-state index contributed by atoms with van der Waals surface area (Å²) < 4.78 is -1.16. The number of carboxylic acids is 1. The lowest BCUT2D eigenvalue weighted by Crippen LogP contribution is -2.71. The Balaban J connectivity index is 1.52. The van der Waals surface area contributed by atoms with Gasteiger partial charge in [0.25, 0.3) is 0 Å². The van der Waals surface area contributed by atoms with Gasteiger partial charge in [-0.1, -0.05) is 30.3 Å². The van der Waals surface area contributed by atoms with Crippen LogP contribution < -0.4 is 10.6 Å². The SMILES string of the molecule is CCN1CCN(C(=O)N[C@@H](C(=O)N[C@@H]2C(=O)N3[C@@H]2SC(C)(CO)[C@@H]3C(=O)O)c2ccccc2)C(=O)C1=O. The van der Waals surface area contributed by atoms with Gasteiger partial charge >= 0.3 is 23.8 Å². The third kappa shape index (κ3) is 4.50. The molecule has 3 aliphatic rings. The van der Waals surface area contributed by atoms with E-state index in [4.69, 9.17) is 0 Å². The Morgan fingerprint density at radius 2 is 1.81 bits per heavy atom. The number of aliphatic carboxylic acids is 1. The van der Waals surface area contributed by atoms with Gasteiger partial charge in [0.15, 0.2) is 0 Å². The number of carbonyl (C=O) groups excluding carboxylic acids is 5. The first-order valence-corrected chi connectivity index (χ1v) is 12.5. The molecule has 0 spiro atoms. The van der Waals surface area contributed by atoms with Crippen LogP contribution >= 0.6 is 11.8 Å². The van der Waals surface area contributed by atoms with Crippen LogP contribution in [0.5, 0.6) is 0 Å². The predicted molar refractivity (Wildman–Crippen MR) is 129 cm³/mol. The molecule has 0 bridgehead atoms. The molecule has 198 valence electrons. The minimum Gasteiger partial charge on any atom is -0.480 e. The van der Waals surface area contributed by atoms with Crippen molar-refractivity contribution in [1.82, 2.24) is 25.3 Å². The van der Waals surface area contributed by atoms with E-state index in [0.29, 0.717) is 12.1 Å². The first-order valence-electron chi connectivity index (χ1n) is 11.6. The number of rotatable bonds is 7. The number of amides is 6. The average molecular weight is 534 g/mol. The van der Waals surface area contributed by atoms with Gasteiger partial charge in [-0.25, -0.2) is 9.59 Å². The van der Waals surface area contributed by atoms with E-state index in [0.717, 1.165) is 21.6 Å². The van der Waals surface area contributed by atoms with Crippen molar-refractivity contribution in [3.63, 3.8) is 0 Å². The van der Waals surface area contributed by atoms with Gasteiger partial charge in [-0.3, -0.25) is 24.1 Å². The Morgan fingerprint density at radius 3 is 2.41 bits per heavy atom. The lowest BCUT2D eigenvalue weighted by Gasteiger charge is -2.44. The van der Waals surface area contributed by atoms with E-state index in [2.05, 4.69) is 10.6 Å². The predicted octanol–water partition coefficient (Wildman–Crippen LogP) is -1.27. The van der Waals surface area contributed by atoms with E-state index < -0.39 is 70.5 Å². The number of aliphatic hydroxyl groups excluding tert-OH is 1. The summed E-state index contributed by atoms with van der Waals surface area (Å²) in [5, 5.41) is 23.7. The van der Waals surface area contributed by atoms with E-state index in [1.54, 1.807) is 37.3 Å². The zero-order chi connectivity index (χ0) is 27.1. The highest BCUT2D eigenvalue weighted by atomic mass is 32.2. The topological polar surface area (TPSA) is 177 Å². The fraction of sp³-hybridized carbons (Fsp3) is 0.478. The van der Waals surface area contributed by atoms with Gasteiger partial charge < -0.3 is 30.6 Å². The van der Waals surface area contributed by atoms with Gasteiger partial charge in [-0.15, -0.1) is 11.8 Å². The minimum absolute atomic E-state index is 0.0432. The van der Waals surface area contributed by atoms with E-state index in [9.17, 15) is 39.0 Å². The number of carboxylic acid groups (broad SMARTS) is 1. The molecule has 3 aliphatic heterocycles. The molecule has 0 radical (unpaired) electrons. The second-order valence-electron chi connectivity index (χ2n) is 9.09. The largest absolute Gasteiger partial charge is 0.480 e. The molecule has 5 atom stereocenters. The lowest BCUT2D eigenvalue weighted by molar-refractivity contribution is -0.161.